The number of piperazine rings is 1. The minimum atomic E-state index is -3.77. The largest absolute Gasteiger partial charge is 0.497 e. The third kappa shape index (κ3) is 2.56. The standard InChI is InChI=1S/C12H17N3O4S/c1-14-5-6-15(8-12(14)16)20(17,18)11-4-3-9(19-2)7-10(11)13/h3-4,7H,5-6,8,13H2,1-2H3. The van der Waals surface area contributed by atoms with Crippen molar-refractivity contribution in [2.75, 3.05) is 39.5 Å². The van der Waals surface area contributed by atoms with Gasteiger partial charge in [-0.05, 0) is 12.1 Å². The summed E-state index contributed by atoms with van der Waals surface area (Å²) in [4.78, 5) is 13.1. The molecule has 2 N–H and O–H groups in total. The van der Waals surface area contributed by atoms with E-state index < -0.39 is 10.0 Å². The van der Waals surface area contributed by atoms with Gasteiger partial charge in [-0.15, -0.1) is 0 Å². The molecule has 1 fully saturated rings. The number of carbonyl (C=O) groups is 1. The predicted molar refractivity (Wildman–Crippen MR) is 73.8 cm³/mol. The number of nitrogen functional groups attached to an aromatic ring is 1. The van der Waals surface area contributed by atoms with Gasteiger partial charge >= 0.3 is 0 Å². The van der Waals surface area contributed by atoms with Crippen LogP contribution in [0.1, 0.15) is 0 Å². The number of methoxy groups -OCH3 is 1. The maximum absolute atomic E-state index is 12.5. The Morgan fingerprint density at radius 3 is 2.55 bits per heavy atom. The first kappa shape index (κ1) is 14.6. The molecule has 110 valence electrons. The molecule has 1 aromatic carbocycles. The zero-order valence-corrected chi connectivity index (χ0v) is 12.2. The number of benzene rings is 1. The highest BCUT2D eigenvalue weighted by Crippen LogP contribution is 2.27. The minimum Gasteiger partial charge on any atom is -0.497 e. The van der Waals surface area contributed by atoms with E-state index in [1.54, 1.807) is 7.05 Å². The van der Waals surface area contributed by atoms with Crippen LogP contribution in [0.2, 0.25) is 0 Å². The normalized spacial score (nSPS) is 17.3. The molecular weight excluding hydrogens is 282 g/mol. The molecular formula is C12H17N3O4S. The van der Waals surface area contributed by atoms with Gasteiger partial charge in [-0.25, -0.2) is 8.42 Å². The number of sulfonamides is 1. The number of hydrogen-bond acceptors (Lipinski definition) is 5. The van der Waals surface area contributed by atoms with Crippen LogP contribution in [0.25, 0.3) is 0 Å². The Morgan fingerprint density at radius 1 is 1.30 bits per heavy atom. The Hall–Kier alpha value is -1.80. The second-order valence-corrected chi connectivity index (χ2v) is 6.46. The van der Waals surface area contributed by atoms with E-state index in [0.29, 0.717) is 12.3 Å². The Kier molecular flexibility index (Phi) is 3.87. The molecule has 1 amide bonds. The fraction of sp³-hybridized carbons (Fsp3) is 0.417. The Labute approximate surface area is 118 Å². The van der Waals surface area contributed by atoms with Gasteiger partial charge in [0.1, 0.15) is 10.6 Å². The number of ether oxygens (including phenoxy) is 1. The van der Waals surface area contributed by atoms with E-state index in [1.165, 1.54) is 30.2 Å². The predicted octanol–water partition coefficient (Wildman–Crippen LogP) is -0.260. The van der Waals surface area contributed by atoms with Crippen LogP contribution >= 0.6 is 0 Å². The number of hydrogen-bond donors (Lipinski definition) is 1. The topological polar surface area (TPSA) is 92.9 Å². The lowest BCUT2D eigenvalue weighted by atomic mass is 10.3. The molecule has 0 saturated carbocycles. The number of anilines is 1. The van der Waals surface area contributed by atoms with Gasteiger partial charge in [-0.3, -0.25) is 4.79 Å². The first-order valence-electron chi connectivity index (χ1n) is 6.04. The van der Waals surface area contributed by atoms with Crippen molar-refractivity contribution in [1.82, 2.24) is 9.21 Å². The van der Waals surface area contributed by atoms with Crippen LogP contribution in [-0.4, -0.2) is 57.3 Å². The SMILES string of the molecule is COc1ccc(S(=O)(=O)N2CCN(C)C(=O)C2)c(N)c1. The molecule has 0 radical (unpaired) electrons. The minimum absolute atomic E-state index is 0.00402. The Morgan fingerprint density at radius 2 is 2.00 bits per heavy atom. The zero-order valence-electron chi connectivity index (χ0n) is 11.4. The summed E-state index contributed by atoms with van der Waals surface area (Å²) < 4.78 is 31.1. The molecule has 1 aliphatic heterocycles. The summed E-state index contributed by atoms with van der Waals surface area (Å²) in [5, 5.41) is 0. The van der Waals surface area contributed by atoms with Crippen LogP contribution in [0.15, 0.2) is 23.1 Å². The molecule has 0 bridgehead atoms. The fourth-order valence-corrected chi connectivity index (χ4v) is 3.45. The van der Waals surface area contributed by atoms with Crippen molar-refractivity contribution in [3.63, 3.8) is 0 Å². The molecule has 1 aromatic rings. The van der Waals surface area contributed by atoms with Crippen LogP contribution < -0.4 is 10.5 Å². The monoisotopic (exact) mass is 299 g/mol. The molecule has 2 rings (SSSR count). The second-order valence-electron chi connectivity index (χ2n) is 4.56. The van der Waals surface area contributed by atoms with Crippen LogP contribution in [0.3, 0.4) is 0 Å². The highest BCUT2D eigenvalue weighted by atomic mass is 32.2. The van der Waals surface area contributed by atoms with Crippen LogP contribution in [0.5, 0.6) is 5.75 Å². The molecule has 0 unspecified atom stereocenters. The van der Waals surface area contributed by atoms with Gasteiger partial charge in [0, 0.05) is 26.2 Å². The van der Waals surface area contributed by atoms with Crippen molar-refractivity contribution in [3.8, 4) is 5.75 Å². The third-order valence-corrected chi connectivity index (χ3v) is 5.18. The van der Waals surface area contributed by atoms with Crippen molar-refractivity contribution in [3.05, 3.63) is 18.2 Å². The van der Waals surface area contributed by atoms with Crippen molar-refractivity contribution in [2.24, 2.45) is 0 Å². The summed E-state index contributed by atoms with van der Waals surface area (Å²) in [6, 6.07) is 4.37. The van der Waals surface area contributed by atoms with Gasteiger partial charge in [0.25, 0.3) is 0 Å². The van der Waals surface area contributed by atoms with E-state index in [0.717, 1.165) is 4.31 Å². The first-order chi connectivity index (χ1) is 9.36. The van der Waals surface area contributed by atoms with E-state index in [4.69, 9.17) is 10.5 Å². The van der Waals surface area contributed by atoms with Crippen LogP contribution in [-0.2, 0) is 14.8 Å². The van der Waals surface area contributed by atoms with Crippen molar-refractivity contribution in [1.29, 1.82) is 0 Å². The highest BCUT2D eigenvalue weighted by Gasteiger charge is 2.32. The summed E-state index contributed by atoms with van der Waals surface area (Å²) >= 11 is 0. The molecule has 20 heavy (non-hydrogen) atoms. The van der Waals surface area contributed by atoms with E-state index in [1.807, 2.05) is 0 Å². The van der Waals surface area contributed by atoms with E-state index in [2.05, 4.69) is 0 Å². The summed E-state index contributed by atoms with van der Waals surface area (Å²) in [5.74, 6) is 0.253. The summed E-state index contributed by atoms with van der Waals surface area (Å²) in [6.07, 6.45) is 0. The van der Waals surface area contributed by atoms with E-state index in [-0.39, 0.29) is 29.6 Å². The van der Waals surface area contributed by atoms with Gasteiger partial charge in [-0.1, -0.05) is 0 Å². The number of amides is 1. The lowest BCUT2D eigenvalue weighted by molar-refractivity contribution is -0.132. The lowest BCUT2D eigenvalue weighted by Gasteiger charge is -2.31. The maximum atomic E-state index is 12.5. The quantitative estimate of drug-likeness (QED) is 0.776. The molecule has 0 atom stereocenters. The smallest absolute Gasteiger partial charge is 0.245 e. The maximum Gasteiger partial charge on any atom is 0.245 e. The lowest BCUT2D eigenvalue weighted by Crippen LogP contribution is -2.50. The van der Waals surface area contributed by atoms with Crippen LogP contribution in [0, 0.1) is 0 Å². The Balaban J connectivity index is 2.33. The summed E-state index contributed by atoms with van der Waals surface area (Å²) in [7, 11) is -0.648. The fourth-order valence-electron chi connectivity index (χ4n) is 1.97. The van der Waals surface area contributed by atoms with Gasteiger partial charge in [0.05, 0.1) is 19.3 Å². The molecule has 1 saturated heterocycles. The van der Waals surface area contributed by atoms with Gasteiger partial charge in [0.2, 0.25) is 15.9 Å². The number of rotatable bonds is 3. The first-order valence-corrected chi connectivity index (χ1v) is 7.48. The molecule has 0 spiro atoms. The molecule has 7 nitrogen and oxygen atoms in total. The average molecular weight is 299 g/mol. The third-order valence-electron chi connectivity index (χ3n) is 3.26. The second kappa shape index (κ2) is 5.29. The molecule has 1 heterocycles. The number of carbonyl (C=O) groups excluding carboxylic acids is 1. The van der Waals surface area contributed by atoms with Crippen molar-refractivity contribution in [2.45, 2.75) is 4.90 Å². The number of likely N-dealkylation sites (N-methyl/N-ethyl adjacent to an activating group) is 1. The number of nitrogens with two attached hydrogens (primary N) is 1. The van der Waals surface area contributed by atoms with Crippen molar-refractivity contribution >= 4 is 21.6 Å². The molecule has 1 aliphatic rings. The van der Waals surface area contributed by atoms with Gasteiger partial charge in [0.15, 0.2) is 0 Å². The Bertz CT molecular complexity index is 630. The molecule has 0 aromatic heterocycles. The van der Waals surface area contributed by atoms with Crippen LogP contribution in [0.4, 0.5) is 5.69 Å². The molecule has 0 aliphatic carbocycles. The highest BCUT2D eigenvalue weighted by molar-refractivity contribution is 7.89. The number of nitrogens with zero attached hydrogens (tertiary/aromatic N) is 2. The summed E-state index contributed by atoms with van der Waals surface area (Å²) in [6.45, 7) is 0.467. The van der Waals surface area contributed by atoms with Gasteiger partial charge in [-0.2, -0.15) is 4.31 Å². The average Bonchev–Trinajstić information content (AvgIpc) is 2.41. The van der Waals surface area contributed by atoms with E-state index >= 15 is 0 Å². The molecule has 8 heteroatoms. The van der Waals surface area contributed by atoms with Crippen molar-refractivity contribution < 1.29 is 17.9 Å². The van der Waals surface area contributed by atoms with Gasteiger partial charge < -0.3 is 15.4 Å². The zero-order chi connectivity index (χ0) is 14.9. The summed E-state index contributed by atoms with van der Waals surface area (Å²) in [5.41, 5.74) is 5.88. The van der Waals surface area contributed by atoms with E-state index in [9.17, 15) is 13.2 Å².